The third-order valence-corrected chi connectivity index (χ3v) is 3.46. The maximum Gasteiger partial charge on any atom is 0.250 e. The standard InChI is InChI=1S/C10H14F2O/c11-10(12)3-1-2-8(10)6-9(7-13)4-5-9/h7-8H,1-6H2. The van der Waals surface area contributed by atoms with Gasteiger partial charge in [0.25, 0.3) is 5.92 Å². The molecule has 0 N–H and O–H groups in total. The van der Waals surface area contributed by atoms with Crippen molar-refractivity contribution >= 4 is 6.29 Å². The Labute approximate surface area is 76.5 Å². The van der Waals surface area contributed by atoms with Gasteiger partial charge in [-0.05, 0) is 32.1 Å². The topological polar surface area (TPSA) is 17.1 Å². The number of hydrogen-bond acceptors (Lipinski definition) is 1. The van der Waals surface area contributed by atoms with E-state index in [0.29, 0.717) is 19.3 Å². The molecule has 0 heterocycles. The molecule has 0 amide bonds. The lowest BCUT2D eigenvalue weighted by Crippen LogP contribution is -2.25. The quantitative estimate of drug-likeness (QED) is 0.622. The van der Waals surface area contributed by atoms with Gasteiger partial charge in [0.15, 0.2) is 0 Å². The lowest BCUT2D eigenvalue weighted by molar-refractivity contribution is -0.114. The van der Waals surface area contributed by atoms with Crippen LogP contribution in [0.3, 0.4) is 0 Å². The highest BCUT2D eigenvalue weighted by Crippen LogP contribution is 2.54. The fourth-order valence-corrected chi connectivity index (χ4v) is 2.27. The van der Waals surface area contributed by atoms with Crippen molar-refractivity contribution in [3.8, 4) is 0 Å². The number of hydrogen-bond donors (Lipinski definition) is 0. The predicted octanol–water partition coefficient (Wildman–Crippen LogP) is 2.79. The summed E-state index contributed by atoms with van der Waals surface area (Å²) in [5.74, 6) is -3.03. The average Bonchev–Trinajstić information content (AvgIpc) is 2.76. The highest BCUT2D eigenvalue weighted by molar-refractivity contribution is 5.63. The molecule has 0 radical (unpaired) electrons. The van der Waals surface area contributed by atoms with Gasteiger partial charge in [0.05, 0.1) is 0 Å². The van der Waals surface area contributed by atoms with Crippen LogP contribution in [0.15, 0.2) is 0 Å². The van der Waals surface area contributed by atoms with Crippen LogP contribution in [0, 0.1) is 11.3 Å². The molecule has 1 unspecified atom stereocenters. The molecule has 13 heavy (non-hydrogen) atoms. The maximum atomic E-state index is 13.2. The largest absolute Gasteiger partial charge is 0.303 e. The van der Waals surface area contributed by atoms with E-state index in [1.165, 1.54) is 0 Å². The molecule has 2 aliphatic carbocycles. The van der Waals surface area contributed by atoms with Gasteiger partial charge in [-0.15, -0.1) is 0 Å². The number of aldehydes is 1. The Morgan fingerprint density at radius 1 is 1.31 bits per heavy atom. The van der Waals surface area contributed by atoms with Crippen molar-refractivity contribution < 1.29 is 13.6 Å². The smallest absolute Gasteiger partial charge is 0.250 e. The van der Waals surface area contributed by atoms with Gasteiger partial charge in [-0.2, -0.15) is 0 Å². The fourth-order valence-electron chi connectivity index (χ4n) is 2.27. The normalized spacial score (nSPS) is 34.5. The van der Waals surface area contributed by atoms with Gasteiger partial charge in [0.1, 0.15) is 6.29 Å². The molecule has 0 spiro atoms. The third kappa shape index (κ3) is 1.61. The Bertz CT molecular complexity index is 221. The molecule has 0 bridgehead atoms. The van der Waals surface area contributed by atoms with E-state index in [-0.39, 0.29) is 11.8 Å². The molecule has 0 aromatic heterocycles. The first-order chi connectivity index (χ1) is 6.08. The van der Waals surface area contributed by atoms with Gasteiger partial charge in [-0.1, -0.05) is 0 Å². The molecule has 0 saturated heterocycles. The second kappa shape index (κ2) is 2.76. The molecule has 3 heteroatoms. The lowest BCUT2D eigenvalue weighted by atomic mass is 9.90. The molecule has 0 aromatic carbocycles. The molecular formula is C10H14F2O. The summed E-state index contributed by atoms with van der Waals surface area (Å²) < 4.78 is 26.4. The number of carbonyl (C=O) groups is 1. The second-order valence-electron chi connectivity index (χ2n) is 4.53. The Morgan fingerprint density at radius 3 is 2.38 bits per heavy atom. The fraction of sp³-hybridized carbons (Fsp3) is 0.900. The zero-order valence-electron chi connectivity index (χ0n) is 7.56. The molecule has 0 aromatic rings. The van der Waals surface area contributed by atoms with E-state index in [9.17, 15) is 13.6 Å². The van der Waals surface area contributed by atoms with Crippen LogP contribution in [0.25, 0.3) is 0 Å². The summed E-state index contributed by atoms with van der Waals surface area (Å²) in [4.78, 5) is 10.6. The van der Waals surface area contributed by atoms with E-state index in [0.717, 1.165) is 19.1 Å². The summed E-state index contributed by atoms with van der Waals surface area (Å²) in [5, 5.41) is 0. The lowest BCUT2D eigenvalue weighted by Gasteiger charge is -2.21. The Morgan fingerprint density at radius 2 is 2.00 bits per heavy atom. The monoisotopic (exact) mass is 188 g/mol. The minimum Gasteiger partial charge on any atom is -0.303 e. The third-order valence-electron chi connectivity index (χ3n) is 3.46. The first-order valence-electron chi connectivity index (χ1n) is 4.92. The van der Waals surface area contributed by atoms with E-state index in [2.05, 4.69) is 0 Å². The van der Waals surface area contributed by atoms with Crippen LogP contribution in [0.1, 0.15) is 38.5 Å². The Balaban J connectivity index is 1.98. The van der Waals surface area contributed by atoms with Gasteiger partial charge in [0, 0.05) is 17.8 Å². The van der Waals surface area contributed by atoms with Crippen molar-refractivity contribution in [3.63, 3.8) is 0 Å². The summed E-state index contributed by atoms with van der Waals surface area (Å²) in [7, 11) is 0. The van der Waals surface area contributed by atoms with Gasteiger partial charge in [0.2, 0.25) is 0 Å². The van der Waals surface area contributed by atoms with Gasteiger partial charge >= 0.3 is 0 Å². The summed E-state index contributed by atoms with van der Waals surface area (Å²) in [5.41, 5.74) is -0.349. The summed E-state index contributed by atoms with van der Waals surface area (Å²) in [6, 6.07) is 0. The SMILES string of the molecule is O=CC1(CC2CCCC2(F)F)CC1. The van der Waals surface area contributed by atoms with E-state index >= 15 is 0 Å². The minimum atomic E-state index is -2.50. The number of halogens is 2. The highest BCUT2D eigenvalue weighted by atomic mass is 19.3. The second-order valence-corrected chi connectivity index (χ2v) is 4.53. The first-order valence-corrected chi connectivity index (χ1v) is 4.92. The van der Waals surface area contributed by atoms with Crippen LogP contribution in [-0.2, 0) is 4.79 Å². The molecule has 74 valence electrons. The zero-order valence-corrected chi connectivity index (χ0v) is 7.56. The number of carbonyl (C=O) groups excluding carboxylic acids is 1. The summed E-state index contributed by atoms with van der Waals surface area (Å²) in [6.45, 7) is 0. The maximum absolute atomic E-state index is 13.2. The zero-order chi connectivity index (χ0) is 9.53. The predicted molar refractivity (Wildman–Crippen MR) is 44.6 cm³/mol. The van der Waals surface area contributed by atoms with Crippen molar-refractivity contribution in [3.05, 3.63) is 0 Å². The average molecular weight is 188 g/mol. The molecule has 1 nitrogen and oxygen atoms in total. The van der Waals surface area contributed by atoms with Gasteiger partial charge in [-0.3, -0.25) is 0 Å². The van der Waals surface area contributed by atoms with Crippen molar-refractivity contribution in [2.24, 2.45) is 11.3 Å². The molecule has 1 atom stereocenters. The van der Waals surface area contributed by atoms with Crippen LogP contribution < -0.4 is 0 Å². The number of rotatable bonds is 3. The van der Waals surface area contributed by atoms with Gasteiger partial charge in [-0.25, -0.2) is 8.78 Å². The van der Waals surface area contributed by atoms with Crippen LogP contribution in [-0.4, -0.2) is 12.2 Å². The van der Waals surface area contributed by atoms with Crippen molar-refractivity contribution in [1.29, 1.82) is 0 Å². The minimum absolute atomic E-state index is 0.0204. The summed E-state index contributed by atoms with van der Waals surface area (Å²) >= 11 is 0. The van der Waals surface area contributed by atoms with Crippen molar-refractivity contribution in [1.82, 2.24) is 0 Å². The molecule has 2 saturated carbocycles. The molecular weight excluding hydrogens is 174 g/mol. The Hall–Kier alpha value is -0.470. The summed E-state index contributed by atoms with van der Waals surface area (Å²) in [6.07, 6.45) is 4.19. The van der Waals surface area contributed by atoms with Crippen LogP contribution in [0.5, 0.6) is 0 Å². The Kier molecular flexibility index (Phi) is 1.93. The first kappa shape index (κ1) is 9.10. The van der Waals surface area contributed by atoms with Crippen LogP contribution in [0.4, 0.5) is 8.78 Å². The molecule has 2 fully saturated rings. The van der Waals surface area contributed by atoms with E-state index in [1.807, 2.05) is 0 Å². The molecule has 2 rings (SSSR count). The molecule has 0 aliphatic heterocycles. The van der Waals surface area contributed by atoms with E-state index < -0.39 is 11.8 Å². The number of alkyl halides is 2. The van der Waals surface area contributed by atoms with E-state index in [1.54, 1.807) is 0 Å². The van der Waals surface area contributed by atoms with Crippen molar-refractivity contribution in [2.45, 2.75) is 44.4 Å². The van der Waals surface area contributed by atoms with Crippen molar-refractivity contribution in [2.75, 3.05) is 0 Å². The van der Waals surface area contributed by atoms with Gasteiger partial charge < -0.3 is 4.79 Å². The molecule has 2 aliphatic rings. The highest BCUT2D eigenvalue weighted by Gasteiger charge is 2.51. The van der Waals surface area contributed by atoms with Crippen LogP contribution in [0.2, 0.25) is 0 Å². The van der Waals surface area contributed by atoms with Crippen LogP contribution >= 0.6 is 0 Å². The van der Waals surface area contributed by atoms with E-state index in [4.69, 9.17) is 0 Å².